The average molecular weight is 575 g/mol. The van der Waals surface area contributed by atoms with Crippen molar-refractivity contribution >= 4 is 23.6 Å². The zero-order valence-corrected chi connectivity index (χ0v) is 23.7. The standard InChI is InChI=1S/C31H37F3N2O3S/c1-2-3-4-5-6-7-8-9-10-11-28-23-40-30(35-28)26-16-12-24(13-17-26)20-36(39-29(38)22-37)21-25-14-18-27(19-15-25)31(32,33)34/h12-19,22-23H,2-11,20-21H2,1H3. The van der Waals surface area contributed by atoms with Crippen molar-refractivity contribution in [2.75, 3.05) is 0 Å². The summed E-state index contributed by atoms with van der Waals surface area (Å²) in [6.07, 6.45) is 8.23. The Morgan fingerprint density at radius 3 is 1.98 bits per heavy atom. The van der Waals surface area contributed by atoms with Crippen LogP contribution in [0, 0.1) is 0 Å². The minimum atomic E-state index is -4.44. The lowest BCUT2D eigenvalue weighted by atomic mass is 10.1. The van der Waals surface area contributed by atoms with Gasteiger partial charge in [0.25, 0.3) is 0 Å². The van der Waals surface area contributed by atoms with Gasteiger partial charge in [0.15, 0.2) is 0 Å². The van der Waals surface area contributed by atoms with E-state index >= 15 is 0 Å². The van der Waals surface area contributed by atoms with Gasteiger partial charge in [-0.15, -0.1) is 16.4 Å². The van der Waals surface area contributed by atoms with Gasteiger partial charge in [0.2, 0.25) is 6.29 Å². The van der Waals surface area contributed by atoms with E-state index in [-0.39, 0.29) is 19.4 Å². The zero-order chi connectivity index (χ0) is 28.8. The normalized spacial score (nSPS) is 11.6. The number of nitrogens with zero attached hydrogens (tertiary/aromatic N) is 2. The first-order valence-electron chi connectivity index (χ1n) is 13.9. The van der Waals surface area contributed by atoms with Crippen LogP contribution in [-0.2, 0) is 40.1 Å². The monoisotopic (exact) mass is 574 g/mol. The summed E-state index contributed by atoms with van der Waals surface area (Å²) in [6.45, 7) is 2.42. The molecule has 0 bridgehead atoms. The van der Waals surface area contributed by atoms with Crippen LogP contribution in [0.4, 0.5) is 13.2 Å². The van der Waals surface area contributed by atoms with Crippen LogP contribution >= 0.6 is 11.3 Å². The fourth-order valence-electron chi connectivity index (χ4n) is 4.40. The number of aldehydes is 1. The number of alkyl halides is 3. The average Bonchev–Trinajstić information content (AvgIpc) is 3.41. The van der Waals surface area contributed by atoms with Crippen molar-refractivity contribution < 1.29 is 27.6 Å². The molecule has 40 heavy (non-hydrogen) atoms. The first kappa shape index (κ1) is 31.5. The number of aryl methyl sites for hydroxylation is 1. The summed E-state index contributed by atoms with van der Waals surface area (Å²) < 4.78 is 38.6. The van der Waals surface area contributed by atoms with E-state index in [0.717, 1.165) is 46.8 Å². The number of benzene rings is 2. The number of carbonyl (C=O) groups is 2. The number of aromatic nitrogens is 1. The Kier molecular flexibility index (Phi) is 12.8. The molecule has 0 atom stereocenters. The zero-order valence-electron chi connectivity index (χ0n) is 22.9. The Morgan fingerprint density at radius 2 is 1.43 bits per heavy atom. The summed E-state index contributed by atoms with van der Waals surface area (Å²) in [7, 11) is 0. The van der Waals surface area contributed by atoms with E-state index in [0.29, 0.717) is 5.56 Å². The van der Waals surface area contributed by atoms with Crippen LogP contribution in [0.3, 0.4) is 0 Å². The molecule has 9 heteroatoms. The lowest BCUT2D eigenvalue weighted by Gasteiger charge is -2.20. The van der Waals surface area contributed by atoms with E-state index in [9.17, 15) is 22.8 Å². The molecule has 3 rings (SSSR count). The highest BCUT2D eigenvalue weighted by Crippen LogP contribution is 2.29. The van der Waals surface area contributed by atoms with Gasteiger partial charge in [-0.05, 0) is 36.1 Å². The lowest BCUT2D eigenvalue weighted by Crippen LogP contribution is -2.27. The minimum Gasteiger partial charge on any atom is -0.361 e. The Hall–Kier alpha value is -3.04. The molecule has 0 aliphatic heterocycles. The molecule has 1 heterocycles. The molecule has 0 aliphatic carbocycles. The first-order chi connectivity index (χ1) is 19.3. The van der Waals surface area contributed by atoms with Crippen molar-refractivity contribution in [3.8, 4) is 10.6 Å². The van der Waals surface area contributed by atoms with Gasteiger partial charge in [0.05, 0.1) is 24.3 Å². The third-order valence-electron chi connectivity index (χ3n) is 6.60. The maximum Gasteiger partial charge on any atom is 0.416 e. The molecule has 0 aliphatic rings. The molecule has 0 radical (unpaired) electrons. The molecule has 5 nitrogen and oxygen atoms in total. The van der Waals surface area contributed by atoms with Crippen LogP contribution in [0.1, 0.15) is 87.1 Å². The number of hydrogen-bond acceptors (Lipinski definition) is 6. The molecule has 3 aromatic rings. The molecule has 0 unspecified atom stereocenters. The third-order valence-corrected chi connectivity index (χ3v) is 7.54. The van der Waals surface area contributed by atoms with Gasteiger partial charge < -0.3 is 4.84 Å². The van der Waals surface area contributed by atoms with Gasteiger partial charge in [0, 0.05) is 10.9 Å². The van der Waals surface area contributed by atoms with Gasteiger partial charge in [-0.1, -0.05) is 94.7 Å². The first-order valence-corrected chi connectivity index (χ1v) is 14.8. The SMILES string of the molecule is CCCCCCCCCCCc1csc(-c2ccc(CN(Cc3ccc(C(F)(F)F)cc3)OC(=O)C=O)cc2)n1. The van der Waals surface area contributed by atoms with E-state index in [4.69, 9.17) is 9.82 Å². The summed E-state index contributed by atoms with van der Waals surface area (Å²) in [6, 6.07) is 12.2. The number of halogens is 3. The fourth-order valence-corrected chi connectivity index (χ4v) is 5.26. The number of carbonyl (C=O) groups excluding carboxylic acids is 2. The highest BCUT2D eigenvalue weighted by molar-refractivity contribution is 7.13. The van der Waals surface area contributed by atoms with Crippen molar-refractivity contribution in [3.05, 3.63) is 76.3 Å². The summed E-state index contributed by atoms with van der Waals surface area (Å²) in [5, 5.41) is 4.30. The minimum absolute atomic E-state index is 0.0220. The molecule has 1 aromatic heterocycles. The van der Waals surface area contributed by atoms with Gasteiger partial charge in [0.1, 0.15) is 5.01 Å². The van der Waals surface area contributed by atoms with Crippen LogP contribution in [0.25, 0.3) is 10.6 Å². The summed E-state index contributed by atoms with van der Waals surface area (Å²) in [4.78, 5) is 32.3. The van der Waals surface area contributed by atoms with Crippen molar-refractivity contribution in [2.24, 2.45) is 0 Å². The van der Waals surface area contributed by atoms with Gasteiger partial charge in [-0.3, -0.25) is 4.79 Å². The van der Waals surface area contributed by atoms with Crippen LogP contribution in [0.5, 0.6) is 0 Å². The molecule has 0 amide bonds. The number of hydroxylamine groups is 2. The van der Waals surface area contributed by atoms with E-state index in [1.54, 1.807) is 11.3 Å². The molecule has 0 N–H and O–H groups in total. The third kappa shape index (κ3) is 10.8. The summed E-state index contributed by atoms with van der Waals surface area (Å²) in [5.41, 5.74) is 2.63. The maximum absolute atomic E-state index is 12.9. The van der Waals surface area contributed by atoms with E-state index < -0.39 is 17.7 Å². The molecule has 0 saturated carbocycles. The topological polar surface area (TPSA) is 59.5 Å². The molecule has 2 aromatic carbocycles. The van der Waals surface area contributed by atoms with E-state index in [2.05, 4.69) is 12.3 Å². The van der Waals surface area contributed by atoms with Gasteiger partial charge >= 0.3 is 12.1 Å². The molecule has 0 fully saturated rings. The Balaban J connectivity index is 1.51. The number of hydrogen-bond donors (Lipinski definition) is 0. The Morgan fingerprint density at radius 1 is 0.875 bits per heavy atom. The van der Waals surface area contributed by atoms with Gasteiger partial charge in [-0.25, -0.2) is 9.78 Å². The molecular weight excluding hydrogens is 537 g/mol. The predicted molar refractivity (Wildman–Crippen MR) is 151 cm³/mol. The molecule has 0 spiro atoms. The van der Waals surface area contributed by atoms with E-state index in [1.165, 1.54) is 68.6 Å². The maximum atomic E-state index is 12.9. The largest absolute Gasteiger partial charge is 0.416 e. The summed E-state index contributed by atoms with van der Waals surface area (Å²) in [5.74, 6) is -1.08. The van der Waals surface area contributed by atoms with Crippen LogP contribution in [0.2, 0.25) is 0 Å². The highest BCUT2D eigenvalue weighted by Gasteiger charge is 2.30. The molecule has 216 valence electrons. The second-order valence-corrected chi connectivity index (χ2v) is 10.8. The van der Waals surface area contributed by atoms with Crippen LogP contribution < -0.4 is 0 Å². The fraction of sp³-hybridized carbons (Fsp3) is 0.452. The number of thiazole rings is 1. The second kappa shape index (κ2) is 16.3. The van der Waals surface area contributed by atoms with Crippen molar-refractivity contribution in [2.45, 2.75) is 90.4 Å². The summed E-state index contributed by atoms with van der Waals surface area (Å²) >= 11 is 1.61. The quantitative estimate of drug-likeness (QED) is 0.0700. The van der Waals surface area contributed by atoms with E-state index in [1.807, 2.05) is 24.3 Å². The molecular formula is C31H37F3N2O3S. The number of unbranched alkanes of at least 4 members (excludes halogenated alkanes) is 8. The molecule has 0 saturated heterocycles. The van der Waals surface area contributed by atoms with Gasteiger partial charge in [-0.2, -0.15) is 13.2 Å². The van der Waals surface area contributed by atoms with Crippen LogP contribution in [-0.4, -0.2) is 22.3 Å². The van der Waals surface area contributed by atoms with Crippen LogP contribution in [0.15, 0.2) is 53.9 Å². The predicted octanol–water partition coefficient (Wildman–Crippen LogP) is 8.56. The Bertz CT molecular complexity index is 1180. The Labute approximate surface area is 238 Å². The lowest BCUT2D eigenvalue weighted by molar-refractivity contribution is -0.195. The van der Waals surface area contributed by atoms with Crippen molar-refractivity contribution in [3.63, 3.8) is 0 Å². The second-order valence-electron chi connectivity index (χ2n) is 9.94. The highest BCUT2D eigenvalue weighted by atomic mass is 32.1. The van der Waals surface area contributed by atoms with Crippen molar-refractivity contribution in [1.82, 2.24) is 10.0 Å². The van der Waals surface area contributed by atoms with Crippen molar-refractivity contribution in [1.29, 1.82) is 0 Å². The smallest absolute Gasteiger partial charge is 0.361 e. The number of rotatable bonds is 17.